The third kappa shape index (κ3) is 21.8. The van der Waals surface area contributed by atoms with E-state index in [0.717, 1.165) is 12.8 Å². The molecule has 0 aromatic carbocycles. The third-order valence-corrected chi connectivity index (χ3v) is 6.73. The van der Waals surface area contributed by atoms with Gasteiger partial charge in [-0.15, -0.1) is 0 Å². The van der Waals surface area contributed by atoms with Gasteiger partial charge in [0.2, 0.25) is 11.8 Å². The molecule has 0 bridgehead atoms. The monoisotopic (exact) mass is 496 g/mol. The minimum absolute atomic E-state index is 0.0981. The number of amides is 2. The van der Waals surface area contributed by atoms with Crippen molar-refractivity contribution in [2.75, 3.05) is 13.1 Å². The maximum atomic E-state index is 12.6. The normalized spacial score (nSPS) is 13.1. The van der Waals surface area contributed by atoms with Crippen LogP contribution in [0.5, 0.6) is 0 Å². The zero-order chi connectivity index (χ0) is 26.2. The first-order chi connectivity index (χ1) is 16.9. The number of carbonyl (C=O) groups is 2. The SMILES string of the molecule is CCCCCCCCCCCCCCCCCCNC(=O)[C@H](CC(C)C)NC(=O)[C@@H](N)CCCN. The number of nitrogens with two attached hydrogens (primary N) is 2. The van der Waals surface area contributed by atoms with E-state index in [1.807, 2.05) is 0 Å². The third-order valence-electron chi connectivity index (χ3n) is 6.73. The molecule has 208 valence electrons. The Hall–Kier alpha value is -1.14. The van der Waals surface area contributed by atoms with E-state index < -0.39 is 12.1 Å². The molecule has 6 nitrogen and oxygen atoms in total. The predicted molar refractivity (Wildman–Crippen MR) is 150 cm³/mol. The quantitative estimate of drug-likeness (QED) is 0.117. The van der Waals surface area contributed by atoms with Crippen LogP contribution in [0, 0.1) is 5.92 Å². The second-order valence-electron chi connectivity index (χ2n) is 10.8. The van der Waals surface area contributed by atoms with Crippen molar-refractivity contribution in [2.45, 2.75) is 155 Å². The molecule has 2 atom stereocenters. The molecule has 0 saturated heterocycles. The molecular formula is C29H60N4O2. The average molecular weight is 497 g/mol. The summed E-state index contributed by atoms with van der Waals surface area (Å²) in [6.07, 6.45) is 23.2. The van der Waals surface area contributed by atoms with Gasteiger partial charge in [-0.2, -0.15) is 0 Å². The molecular weight excluding hydrogens is 436 g/mol. The molecule has 0 aromatic heterocycles. The van der Waals surface area contributed by atoms with Gasteiger partial charge < -0.3 is 22.1 Å². The van der Waals surface area contributed by atoms with Crippen molar-refractivity contribution in [2.24, 2.45) is 17.4 Å². The standard InChI is InChI=1S/C29H60N4O2/c1-4-5-6-7-8-9-10-11-12-13-14-15-16-17-18-19-23-32-29(35)27(24-25(2)3)33-28(34)26(31)21-20-22-30/h25-27H,4-24,30-31H2,1-3H3,(H,32,35)(H,33,34)/t26-,27-/m0/s1. The van der Waals surface area contributed by atoms with E-state index in [9.17, 15) is 9.59 Å². The molecule has 2 amide bonds. The Kier molecular flexibility index (Phi) is 23.8. The molecule has 0 heterocycles. The van der Waals surface area contributed by atoms with Gasteiger partial charge in [0.15, 0.2) is 0 Å². The largest absolute Gasteiger partial charge is 0.354 e. The van der Waals surface area contributed by atoms with Gasteiger partial charge in [-0.1, -0.05) is 117 Å². The van der Waals surface area contributed by atoms with Gasteiger partial charge in [0, 0.05) is 6.54 Å². The zero-order valence-corrected chi connectivity index (χ0v) is 23.6. The first kappa shape index (κ1) is 33.9. The van der Waals surface area contributed by atoms with E-state index in [2.05, 4.69) is 31.4 Å². The molecule has 6 N–H and O–H groups in total. The summed E-state index contributed by atoms with van der Waals surface area (Å²) in [6.45, 7) is 7.56. The molecule has 0 radical (unpaired) electrons. The lowest BCUT2D eigenvalue weighted by atomic mass is 10.0. The van der Waals surface area contributed by atoms with E-state index >= 15 is 0 Å². The van der Waals surface area contributed by atoms with E-state index in [-0.39, 0.29) is 11.8 Å². The number of unbranched alkanes of at least 4 members (excludes halogenated alkanes) is 15. The Morgan fingerprint density at radius 3 is 1.57 bits per heavy atom. The molecule has 0 fully saturated rings. The lowest BCUT2D eigenvalue weighted by Gasteiger charge is -2.22. The van der Waals surface area contributed by atoms with Crippen LogP contribution in [0.1, 0.15) is 143 Å². The molecule has 0 spiro atoms. The number of hydrogen-bond donors (Lipinski definition) is 4. The molecule has 0 unspecified atom stereocenters. The van der Waals surface area contributed by atoms with Gasteiger partial charge >= 0.3 is 0 Å². The zero-order valence-electron chi connectivity index (χ0n) is 23.6. The van der Waals surface area contributed by atoms with Crippen molar-refractivity contribution in [1.82, 2.24) is 10.6 Å². The Labute approximate surface area is 217 Å². The van der Waals surface area contributed by atoms with Crippen LogP contribution in [0.4, 0.5) is 0 Å². The fraction of sp³-hybridized carbons (Fsp3) is 0.931. The maximum absolute atomic E-state index is 12.6. The number of carbonyl (C=O) groups excluding carboxylic acids is 2. The van der Waals surface area contributed by atoms with Gasteiger partial charge in [-0.3, -0.25) is 9.59 Å². The summed E-state index contributed by atoms with van der Waals surface area (Å²) in [5.41, 5.74) is 11.4. The number of hydrogen-bond acceptors (Lipinski definition) is 4. The summed E-state index contributed by atoms with van der Waals surface area (Å²) in [7, 11) is 0. The van der Waals surface area contributed by atoms with E-state index in [1.165, 1.54) is 89.9 Å². The Morgan fingerprint density at radius 2 is 1.14 bits per heavy atom. The van der Waals surface area contributed by atoms with Crippen LogP contribution >= 0.6 is 0 Å². The second kappa shape index (κ2) is 24.5. The fourth-order valence-electron chi connectivity index (χ4n) is 4.46. The van der Waals surface area contributed by atoms with Gasteiger partial charge in [0.25, 0.3) is 0 Å². The second-order valence-corrected chi connectivity index (χ2v) is 10.8. The minimum atomic E-state index is -0.610. The summed E-state index contributed by atoms with van der Waals surface area (Å²) in [6, 6.07) is -1.13. The molecule has 35 heavy (non-hydrogen) atoms. The number of rotatable bonds is 25. The lowest BCUT2D eigenvalue weighted by Crippen LogP contribution is -2.52. The summed E-state index contributed by atoms with van der Waals surface area (Å²) >= 11 is 0. The molecule has 6 heteroatoms. The highest BCUT2D eigenvalue weighted by Gasteiger charge is 2.24. The highest BCUT2D eigenvalue weighted by molar-refractivity contribution is 5.89. The average Bonchev–Trinajstić information content (AvgIpc) is 2.83. The molecule has 0 aromatic rings. The molecule has 0 aliphatic carbocycles. The first-order valence-corrected chi connectivity index (χ1v) is 15.0. The van der Waals surface area contributed by atoms with Gasteiger partial charge in [0.05, 0.1) is 6.04 Å². The minimum Gasteiger partial charge on any atom is -0.354 e. The Bertz CT molecular complexity index is 499. The van der Waals surface area contributed by atoms with Crippen LogP contribution in [-0.4, -0.2) is 37.0 Å². The van der Waals surface area contributed by atoms with E-state index in [0.29, 0.717) is 38.3 Å². The van der Waals surface area contributed by atoms with Crippen molar-refractivity contribution in [3.05, 3.63) is 0 Å². The highest BCUT2D eigenvalue weighted by atomic mass is 16.2. The molecule has 0 aliphatic rings. The number of nitrogens with one attached hydrogen (secondary N) is 2. The Morgan fingerprint density at radius 1 is 0.686 bits per heavy atom. The lowest BCUT2D eigenvalue weighted by molar-refractivity contribution is -0.130. The van der Waals surface area contributed by atoms with Crippen LogP contribution in [0.3, 0.4) is 0 Å². The predicted octanol–water partition coefficient (Wildman–Crippen LogP) is 5.96. The van der Waals surface area contributed by atoms with Gasteiger partial charge in [0.1, 0.15) is 6.04 Å². The van der Waals surface area contributed by atoms with Crippen molar-refractivity contribution in [3.63, 3.8) is 0 Å². The smallest absolute Gasteiger partial charge is 0.242 e. The molecule has 0 aliphatic heterocycles. The Balaban J connectivity index is 3.74. The summed E-state index contributed by atoms with van der Waals surface area (Å²) < 4.78 is 0. The summed E-state index contributed by atoms with van der Waals surface area (Å²) in [4.78, 5) is 24.9. The van der Waals surface area contributed by atoms with E-state index in [1.54, 1.807) is 0 Å². The topological polar surface area (TPSA) is 110 Å². The van der Waals surface area contributed by atoms with Crippen LogP contribution in [-0.2, 0) is 9.59 Å². The van der Waals surface area contributed by atoms with Crippen molar-refractivity contribution in [1.29, 1.82) is 0 Å². The van der Waals surface area contributed by atoms with Crippen LogP contribution < -0.4 is 22.1 Å². The van der Waals surface area contributed by atoms with Crippen molar-refractivity contribution >= 4 is 11.8 Å². The van der Waals surface area contributed by atoms with Crippen LogP contribution in [0.25, 0.3) is 0 Å². The van der Waals surface area contributed by atoms with E-state index in [4.69, 9.17) is 11.5 Å². The van der Waals surface area contributed by atoms with Crippen molar-refractivity contribution in [3.8, 4) is 0 Å². The van der Waals surface area contributed by atoms with Crippen LogP contribution in [0.2, 0.25) is 0 Å². The van der Waals surface area contributed by atoms with Crippen LogP contribution in [0.15, 0.2) is 0 Å². The molecule has 0 saturated carbocycles. The first-order valence-electron chi connectivity index (χ1n) is 15.0. The summed E-state index contributed by atoms with van der Waals surface area (Å²) in [5.74, 6) is -0.0532. The maximum Gasteiger partial charge on any atom is 0.242 e. The molecule has 0 rings (SSSR count). The fourth-order valence-corrected chi connectivity index (χ4v) is 4.46. The van der Waals surface area contributed by atoms with Gasteiger partial charge in [-0.05, 0) is 38.1 Å². The van der Waals surface area contributed by atoms with Gasteiger partial charge in [-0.25, -0.2) is 0 Å². The van der Waals surface area contributed by atoms with Crippen molar-refractivity contribution < 1.29 is 9.59 Å². The highest BCUT2D eigenvalue weighted by Crippen LogP contribution is 2.13. The summed E-state index contributed by atoms with van der Waals surface area (Å²) in [5, 5.41) is 5.86.